The third-order valence-electron chi connectivity index (χ3n) is 7.48. The van der Waals surface area contributed by atoms with Gasteiger partial charge in [0.2, 0.25) is 0 Å². The molecule has 1 saturated heterocycles. The van der Waals surface area contributed by atoms with E-state index in [2.05, 4.69) is 15.2 Å². The Labute approximate surface area is 262 Å². The van der Waals surface area contributed by atoms with E-state index in [0.717, 1.165) is 16.5 Å². The number of pyridine rings is 1. The van der Waals surface area contributed by atoms with Gasteiger partial charge in [-0.3, -0.25) is 9.69 Å². The Morgan fingerprint density at radius 3 is 2.24 bits per heavy atom. The van der Waals surface area contributed by atoms with Crippen LogP contribution < -0.4 is 15.0 Å². The molecular formula is C35H38N4O6. The van der Waals surface area contributed by atoms with Crippen LogP contribution in [0.2, 0.25) is 0 Å². The number of rotatable bonds is 6. The number of nitrogens with one attached hydrogen (secondary N) is 1. The summed E-state index contributed by atoms with van der Waals surface area (Å²) in [6.45, 7) is 10.9. The number of amides is 2. The van der Waals surface area contributed by atoms with Gasteiger partial charge in [0.05, 0.1) is 24.8 Å². The first-order valence-electron chi connectivity index (χ1n) is 14.8. The van der Waals surface area contributed by atoms with Crippen LogP contribution in [-0.4, -0.2) is 65.7 Å². The minimum atomic E-state index is -0.552. The van der Waals surface area contributed by atoms with E-state index in [-0.39, 0.29) is 24.1 Å². The Kier molecular flexibility index (Phi) is 8.94. The van der Waals surface area contributed by atoms with Crippen molar-refractivity contribution in [3.05, 3.63) is 90.1 Å². The van der Waals surface area contributed by atoms with E-state index in [9.17, 15) is 14.4 Å². The number of benzene rings is 3. The number of carbonyl (C=O) groups excluding carboxylic acids is 3. The maximum atomic E-state index is 13.1. The highest BCUT2D eigenvalue weighted by atomic mass is 16.6. The number of fused-ring (bicyclic) bond motifs is 1. The fraction of sp³-hybridized carbons (Fsp3) is 0.314. The van der Waals surface area contributed by atoms with Crippen LogP contribution in [-0.2, 0) is 9.47 Å². The van der Waals surface area contributed by atoms with Crippen LogP contribution in [0.4, 0.5) is 16.3 Å². The molecule has 234 valence electrons. The molecule has 2 amide bonds. The summed E-state index contributed by atoms with van der Waals surface area (Å²) in [6.07, 6.45) is 1.26. The van der Waals surface area contributed by atoms with Gasteiger partial charge in [0.15, 0.2) is 0 Å². The molecule has 1 aromatic heterocycles. The number of nitrogens with zero attached hydrogens (tertiary/aromatic N) is 3. The number of methoxy groups -OCH3 is 1. The lowest BCUT2D eigenvalue weighted by molar-refractivity contribution is 0.00563. The van der Waals surface area contributed by atoms with Crippen LogP contribution in [0.5, 0.6) is 11.5 Å². The smallest absolute Gasteiger partial charge is 0.410 e. The summed E-state index contributed by atoms with van der Waals surface area (Å²) in [5, 5.41) is 4.43. The van der Waals surface area contributed by atoms with Crippen LogP contribution in [0.3, 0.4) is 0 Å². The first-order chi connectivity index (χ1) is 21.4. The summed E-state index contributed by atoms with van der Waals surface area (Å²) in [5.74, 6) is 0.702. The maximum Gasteiger partial charge on any atom is 0.410 e. The predicted molar refractivity (Wildman–Crippen MR) is 173 cm³/mol. The van der Waals surface area contributed by atoms with Crippen molar-refractivity contribution >= 4 is 40.2 Å². The van der Waals surface area contributed by atoms with Gasteiger partial charge < -0.3 is 24.4 Å². The lowest BCUT2D eigenvalue weighted by Crippen LogP contribution is -2.59. The molecule has 5 rings (SSSR count). The lowest BCUT2D eigenvalue weighted by atomic mass is 10.0. The van der Waals surface area contributed by atoms with Crippen molar-refractivity contribution < 1.29 is 28.6 Å². The average molecular weight is 611 g/mol. The quantitative estimate of drug-likeness (QED) is 0.235. The number of hydrogen-bond acceptors (Lipinski definition) is 8. The number of carbonyl (C=O) groups is 3. The van der Waals surface area contributed by atoms with Crippen molar-refractivity contribution in [2.45, 2.75) is 52.3 Å². The fourth-order valence-electron chi connectivity index (χ4n) is 5.51. The van der Waals surface area contributed by atoms with E-state index in [1.54, 1.807) is 53.6 Å². The average Bonchev–Trinajstić information content (AvgIpc) is 2.99. The summed E-state index contributed by atoms with van der Waals surface area (Å²) in [5.41, 5.74) is 1.38. The number of esters is 1. The van der Waals surface area contributed by atoms with E-state index in [1.807, 2.05) is 65.0 Å². The van der Waals surface area contributed by atoms with Crippen molar-refractivity contribution in [2.75, 3.05) is 30.4 Å². The summed E-state index contributed by atoms with van der Waals surface area (Å²) in [6, 6.07) is 21.5. The first kappa shape index (κ1) is 31.3. The normalized spacial score (nSPS) is 16.7. The van der Waals surface area contributed by atoms with E-state index in [4.69, 9.17) is 14.2 Å². The van der Waals surface area contributed by atoms with E-state index < -0.39 is 11.6 Å². The lowest BCUT2D eigenvalue weighted by Gasteiger charge is -2.45. The molecule has 0 unspecified atom stereocenters. The van der Waals surface area contributed by atoms with Gasteiger partial charge in [0.25, 0.3) is 5.91 Å². The van der Waals surface area contributed by atoms with Crippen molar-refractivity contribution in [2.24, 2.45) is 0 Å². The fourth-order valence-corrected chi connectivity index (χ4v) is 5.51. The Morgan fingerprint density at radius 2 is 1.58 bits per heavy atom. The molecule has 2 atom stereocenters. The van der Waals surface area contributed by atoms with Gasteiger partial charge in [0, 0.05) is 36.6 Å². The third kappa shape index (κ3) is 7.34. The molecule has 10 nitrogen and oxygen atoms in total. The predicted octanol–water partition coefficient (Wildman–Crippen LogP) is 6.90. The SMILES string of the molecule is COC(=O)c1cccc2cc(Oc3ccnc(NC(=O)c4ccc(N5C[C@@H](C)N(C(=O)OC(C)(C)C)[C@@H](C)C5)cc4)c3)ccc12. The van der Waals surface area contributed by atoms with Crippen molar-refractivity contribution in [3.63, 3.8) is 0 Å². The van der Waals surface area contributed by atoms with Crippen LogP contribution in [0.25, 0.3) is 10.8 Å². The zero-order valence-electron chi connectivity index (χ0n) is 26.4. The molecule has 4 aromatic rings. The van der Waals surface area contributed by atoms with Crippen LogP contribution in [0.15, 0.2) is 79.0 Å². The Morgan fingerprint density at radius 1 is 0.889 bits per heavy atom. The number of piperazine rings is 1. The Bertz CT molecular complexity index is 1700. The molecule has 0 aliphatic carbocycles. The van der Waals surface area contributed by atoms with E-state index >= 15 is 0 Å². The molecule has 3 aromatic carbocycles. The molecule has 0 radical (unpaired) electrons. The topological polar surface area (TPSA) is 110 Å². The Hall–Kier alpha value is -5.12. The summed E-state index contributed by atoms with van der Waals surface area (Å²) < 4.78 is 16.5. The highest BCUT2D eigenvalue weighted by Crippen LogP contribution is 2.29. The maximum absolute atomic E-state index is 13.1. The zero-order chi connectivity index (χ0) is 32.3. The van der Waals surface area contributed by atoms with Gasteiger partial charge >= 0.3 is 12.1 Å². The second-order valence-electron chi connectivity index (χ2n) is 12.2. The van der Waals surface area contributed by atoms with Crippen molar-refractivity contribution in [1.29, 1.82) is 0 Å². The zero-order valence-corrected chi connectivity index (χ0v) is 26.4. The summed E-state index contributed by atoms with van der Waals surface area (Å²) in [7, 11) is 1.35. The molecule has 1 fully saturated rings. The Balaban J connectivity index is 1.22. The van der Waals surface area contributed by atoms with Crippen LogP contribution in [0, 0.1) is 0 Å². The largest absolute Gasteiger partial charge is 0.465 e. The van der Waals surface area contributed by atoms with Gasteiger partial charge in [-0.2, -0.15) is 0 Å². The highest BCUT2D eigenvalue weighted by Gasteiger charge is 2.35. The molecule has 1 N–H and O–H groups in total. The minimum absolute atomic E-state index is 0.0425. The van der Waals surface area contributed by atoms with Gasteiger partial charge in [0.1, 0.15) is 22.9 Å². The molecule has 0 bridgehead atoms. The summed E-state index contributed by atoms with van der Waals surface area (Å²) >= 11 is 0. The van der Waals surface area contributed by atoms with Gasteiger partial charge in [-0.05, 0) is 100.0 Å². The standard InChI is InChI=1S/C35H38N4O6/c1-22-20-38(21-23(2)39(22)34(42)45-35(3,4)5)26-12-10-24(11-13-26)32(40)37-31-19-28(16-17-36-31)44-27-14-15-29-25(18-27)8-7-9-30(29)33(41)43-6/h7-19,22-23H,20-21H2,1-6H3,(H,36,37,40)/t22-,23+. The molecule has 0 spiro atoms. The molecule has 1 aliphatic heterocycles. The first-order valence-corrected chi connectivity index (χ1v) is 14.8. The monoisotopic (exact) mass is 610 g/mol. The summed E-state index contributed by atoms with van der Waals surface area (Å²) in [4.78, 5) is 46.2. The second-order valence-corrected chi connectivity index (χ2v) is 12.2. The van der Waals surface area contributed by atoms with Crippen molar-refractivity contribution in [1.82, 2.24) is 9.88 Å². The molecule has 2 heterocycles. The second kappa shape index (κ2) is 12.9. The number of aromatic nitrogens is 1. The molecule has 0 saturated carbocycles. The highest BCUT2D eigenvalue weighted by molar-refractivity contribution is 6.05. The molecule has 1 aliphatic rings. The van der Waals surface area contributed by atoms with E-state index in [1.165, 1.54) is 7.11 Å². The van der Waals surface area contributed by atoms with Crippen LogP contribution in [0.1, 0.15) is 55.3 Å². The molecular weight excluding hydrogens is 572 g/mol. The van der Waals surface area contributed by atoms with Gasteiger partial charge in [-0.1, -0.05) is 12.1 Å². The van der Waals surface area contributed by atoms with Crippen LogP contribution >= 0.6 is 0 Å². The third-order valence-corrected chi connectivity index (χ3v) is 7.48. The molecule has 45 heavy (non-hydrogen) atoms. The number of ether oxygens (including phenoxy) is 3. The van der Waals surface area contributed by atoms with Crippen molar-refractivity contribution in [3.8, 4) is 11.5 Å². The molecule has 10 heteroatoms. The van der Waals surface area contributed by atoms with Gasteiger partial charge in [-0.25, -0.2) is 14.6 Å². The number of anilines is 2. The number of hydrogen-bond donors (Lipinski definition) is 1. The minimum Gasteiger partial charge on any atom is -0.465 e. The van der Waals surface area contributed by atoms with Gasteiger partial charge in [-0.15, -0.1) is 0 Å². The van der Waals surface area contributed by atoms with E-state index in [0.29, 0.717) is 41.5 Å².